The van der Waals surface area contributed by atoms with Gasteiger partial charge in [-0.15, -0.1) is 0 Å². The van der Waals surface area contributed by atoms with Crippen LogP contribution in [0.25, 0.3) is 16.5 Å². The van der Waals surface area contributed by atoms with Crippen LogP contribution >= 0.6 is 0 Å². The predicted molar refractivity (Wildman–Crippen MR) is 126 cm³/mol. The van der Waals surface area contributed by atoms with Crippen LogP contribution < -0.4 is 9.64 Å². The Kier molecular flexibility index (Phi) is 6.03. The van der Waals surface area contributed by atoms with E-state index in [2.05, 4.69) is 42.2 Å². The first-order valence-electron chi connectivity index (χ1n) is 10.9. The Morgan fingerprint density at radius 1 is 1.10 bits per heavy atom. The summed E-state index contributed by atoms with van der Waals surface area (Å²) in [7, 11) is 0. The van der Waals surface area contributed by atoms with Gasteiger partial charge in [-0.25, -0.2) is 0 Å². The van der Waals surface area contributed by atoms with Crippen molar-refractivity contribution in [3.63, 3.8) is 0 Å². The van der Waals surface area contributed by atoms with Crippen molar-refractivity contribution in [2.45, 2.75) is 27.7 Å². The van der Waals surface area contributed by atoms with Gasteiger partial charge in [0.05, 0.1) is 6.61 Å². The maximum atomic E-state index is 13.0. The summed E-state index contributed by atoms with van der Waals surface area (Å²) in [5.74, 6) is 1.70. The number of furan rings is 1. The summed E-state index contributed by atoms with van der Waals surface area (Å²) >= 11 is 0. The third-order valence-corrected chi connectivity index (χ3v) is 6.05. The number of rotatable bonds is 5. The van der Waals surface area contributed by atoms with Gasteiger partial charge < -0.3 is 19.0 Å². The number of carbonyl (C=O) groups is 1. The largest absolute Gasteiger partial charge is 0.493 e. The zero-order chi connectivity index (χ0) is 22.0. The molecule has 4 rings (SSSR count). The van der Waals surface area contributed by atoms with E-state index in [0.717, 1.165) is 65.4 Å². The Labute approximate surface area is 183 Å². The normalized spacial score (nSPS) is 14.9. The zero-order valence-electron chi connectivity index (χ0n) is 18.8. The molecule has 1 amide bonds. The van der Waals surface area contributed by atoms with Gasteiger partial charge in [0.25, 0.3) is 0 Å². The lowest BCUT2D eigenvalue weighted by molar-refractivity contribution is -0.126. The number of nitrogens with zero attached hydrogens (tertiary/aromatic N) is 2. The Bertz CT molecular complexity index is 1110. The molecule has 0 aliphatic carbocycles. The zero-order valence-corrected chi connectivity index (χ0v) is 18.8. The van der Waals surface area contributed by atoms with E-state index in [1.54, 1.807) is 6.08 Å². The number of ether oxygens (including phenoxy) is 1. The van der Waals surface area contributed by atoms with Crippen LogP contribution in [0.3, 0.4) is 0 Å². The first-order valence-corrected chi connectivity index (χ1v) is 10.9. The van der Waals surface area contributed by atoms with Crippen molar-refractivity contribution in [3.8, 4) is 5.75 Å². The molecule has 162 valence electrons. The molecule has 5 nitrogen and oxygen atoms in total. The smallest absolute Gasteiger partial charge is 0.246 e. The molecule has 1 fully saturated rings. The molecule has 2 aromatic carbocycles. The quantitative estimate of drug-likeness (QED) is 0.534. The molecule has 0 bridgehead atoms. The molecule has 0 N–H and O–H groups in total. The topological polar surface area (TPSA) is 45.9 Å². The molecule has 0 unspecified atom stereocenters. The second-order valence-corrected chi connectivity index (χ2v) is 8.04. The summed E-state index contributed by atoms with van der Waals surface area (Å²) in [6.45, 7) is 11.6. The van der Waals surface area contributed by atoms with Crippen molar-refractivity contribution >= 4 is 28.1 Å². The van der Waals surface area contributed by atoms with Gasteiger partial charge >= 0.3 is 0 Å². The number of allylic oxidation sites excluding steroid dienone is 1. The van der Waals surface area contributed by atoms with E-state index in [1.165, 1.54) is 5.69 Å². The van der Waals surface area contributed by atoms with Crippen molar-refractivity contribution in [1.29, 1.82) is 0 Å². The van der Waals surface area contributed by atoms with Gasteiger partial charge in [-0.05, 0) is 57.0 Å². The molecular weight excluding hydrogens is 388 g/mol. The Hall–Kier alpha value is -3.21. The van der Waals surface area contributed by atoms with Gasteiger partial charge in [0.1, 0.15) is 17.1 Å². The van der Waals surface area contributed by atoms with Gasteiger partial charge in [0.2, 0.25) is 5.91 Å². The van der Waals surface area contributed by atoms with E-state index in [0.29, 0.717) is 6.61 Å². The Morgan fingerprint density at radius 2 is 1.81 bits per heavy atom. The number of piperazine rings is 1. The van der Waals surface area contributed by atoms with Crippen LogP contribution in [0.2, 0.25) is 0 Å². The van der Waals surface area contributed by atoms with Crippen molar-refractivity contribution in [1.82, 2.24) is 4.90 Å². The van der Waals surface area contributed by atoms with Gasteiger partial charge in [-0.2, -0.15) is 0 Å². The molecule has 5 heteroatoms. The number of fused-ring (bicyclic) bond motifs is 1. The second-order valence-electron chi connectivity index (χ2n) is 8.04. The molecule has 0 radical (unpaired) electrons. The maximum absolute atomic E-state index is 13.0. The summed E-state index contributed by atoms with van der Waals surface area (Å²) in [5, 5.41) is 1.06. The SMILES string of the molecule is CCOc1cc2oc(C)c(C)c2cc1/C(C)=C/C(=O)N1CCN(c2ccccc2)CC1. The van der Waals surface area contributed by atoms with E-state index >= 15 is 0 Å². The molecule has 0 saturated carbocycles. The fraction of sp³-hybridized carbons (Fsp3) is 0.346. The fourth-order valence-electron chi connectivity index (χ4n) is 4.13. The summed E-state index contributed by atoms with van der Waals surface area (Å²) < 4.78 is 11.7. The monoisotopic (exact) mass is 418 g/mol. The number of carbonyl (C=O) groups excluding carboxylic acids is 1. The summed E-state index contributed by atoms with van der Waals surface area (Å²) in [6, 6.07) is 14.4. The number of anilines is 1. The molecule has 1 aromatic heterocycles. The predicted octanol–water partition coefficient (Wildman–Crippen LogP) is 5.20. The van der Waals surface area contributed by atoms with Crippen LogP contribution in [0.5, 0.6) is 5.75 Å². The number of hydrogen-bond donors (Lipinski definition) is 0. The lowest BCUT2D eigenvalue weighted by Crippen LogP contribution is -2.48. The molecular formula is C26H30N2O3. The van der Waals surface area contributed by atoms with Crippen LogP contribution in [0.1, 0.15) is 30.7 Å². The average molecular weight is 419 g/mol. The third kappa shape index (κ3) is 4.31. The number of amides is 1. The molecule has 0 atom stereocenters. The van der Waals surface area contributed by atoms with Crippen LogP contribution in [-0.4, -0.2) is 43.6 Å². The van der Waals surface area contributed by atoms with E-state index in [4.69, 9.17) is 9.15 Å². The van der Waals surface area contributed by atoms with Gasteiger partial charge in [-0.3, -0.25) is 4.79 Å². The minimum atomic E-state index is 0.0489. The highest BCUT2D eigenvalue weighted by atomic mass is 16.5. The molecule has 1 aliphatic rings. The molecule has 3 aromatic rings. The van der Waals surface area contributed by atoms with E-state index in [9.17, 15) is 4.79 Å². The van der Waals surface area contributed by atoms with Crippen LogP contribution in [0.15, 0.2) is 53.0 Å². The molecule has 0 spiro atoms. The third-order valence-electron chi connectivity index (χ3n) is 6.05. The molecule has 31 heavy (non-hydrogen) atoms. The van der Waals surface area contributed by atoms with E-state index in [1.807, 2.05) is 37.8 Å². The van der Waals surface area contributed by atoms with Crippen molar-refractivity contribution in [2.24, 2.45) is 0 Å². The molecule has 1 aliphatic heterocycles. The standard InChI is InChI=1S/C26H30N2O3/c1-5-30-24-17-25-23(19(3)20(4)31-25)16-22(24)18(2)15-26(29)28-13-11-27(12-14-28)21-9-7-6-8-10-21/h6-10,15-17H,5,11-14H2,1-4H3/b18-15+. The number of aryl methyl sites for hydroxylation is 2. The highest BCUT2D eigenvalue weighted by Gasteiger charge is 2.21. The number of benzene rings is 2. The minimum absolute atomic E-state index is 0.0489. The van der Waals surface area contributed by atoms with Crippen molar-refractivity contribution < 1.29 is 13.9 Å². The average Bonchev–Trinajstić information content (AvgIpc) is 3.06. The van der Waals surface area contributed by atoms with Crippen LogP contribution in [-0.2, 0) is 4.79 Å². The van der Waals surface area contributed by atoms with E-state index < -0.39 is 0 Å². The second kappa shape index (κ2) is 8.88. The van der Waals surface area contributed by atoms with Gasteiger partial charge in [-0.1, -0.05) is 18.2 Å². The van der Waals surface area contributed by atoms with Crippen LogP contribution in [0.4, 0.5) is 5.69 Å². The Balaban J connectivity index is 1.53. The summed E-state index contributed by atoms with van der Waals surface area (Å²) in [5.41, 5.74) is 4.99. The number of para-hydroxylation sites is 1. The van der Waals surface area contributed by atoms with Crippen molar-refractivity contribution in [3.05, 3.63) is 65.4 Å². The maximum Gasteiger partial charge on any atom is 0.246 e. The van der Waals surface area contributed by atoms with Gasteiger partial charge in [0.15, 0.2) is 0 Å². The van der Waals surface area contributed by atoms with E-state index in [-0.39, 0.29) is 5.91 Å². The first kappa shape index (κ1) is 21.0. The lowest BCUT2D eigenvalue weighted by atomic mass is 10.0. The van der Waals surface area contributed by atoms with Crippen LogP contribution in [0, 0.1) is 13.8 Å². The minimum Gasteiger partial charge on any atom is -0.493 e. The lowest BCUT2D eigenvalue weighted by Gasteiger charge is -2.35. The molecule has 2 heterocycles. The number of hydrogen-bond acceptors (Lipinski definition) is 4. The highest BCUT2D eigenvalue weighted by molar-refractivity contribution is 5.97. The van der Waals surface area contributed by atoms with Gasteiger partial charge in [0, 0.05) is 55.0 Å². The fourth-order valence-corrected chi connectivity index (χ4v) is 4.13. The summed E-state index contributed by atoms with van der Waals surface area (Å²) in [6.07, 6.45) is 1.74. The van der Waals surface area contributed by atoms with Crippen molar-refractivity contribution in [2.75, 3.05) is 37.7 Å². The molecule has 1 saturated heterocycles. The first-order chi connectivity index (χ1) is 15.0. The summed E-state index contributed by atoms with van der Waals surface area (Å²) in [4.78, 5) is 17.3. The highest BCUT2D eigenvalue weighted by Crippen LogP contribution is 2.35. The Morgan fingerprint density at radius 3 is 2.48 bits per heavy atom.